The first-order chi connectivity index (χ1) is 11.7. The molecule has 10 heteroatoms. The first-order valence-corrected chi connectivity index (χ1v) is 9.29. The summed E-state index contributed by atoms with van der Waals surface area (Å²) in [5.41, 5.74) is 0. The number of amides is 1. The van der Waals surface area contributed by atoms with Crippen molar-refractivity contribution in [3.05, 3.63) is 24.3 Å². The molecule has 1 saturated carbocycles. The Hall–Kier alpha value is -1.81. The van der Waals surface area contributed by atoms with Gasteiger partial charge in [0.1, 0.15) is 5.75 Å². The maximum absolute atomic E-state index is 12.1. The Kier molecular flexibility index (Phi) is 6.28. The number of carbonyl (C=O) groups is 1. The van der Waals surface area contributed by atoms with E-state index in [1.165, 1.54) is 0 Å². The largest absolute Gasteiger partial charge is 0.573 e. The standard InChI is InChI=1S/C15H19F3N2O4S/c16-15(17,18)24-12-6-8-13(9-7-12)25(22,23)19-10-14(21)20-11-4-2-1-3-5-11/h6-9,11,19H,1-5,10H2,(H,20,21). The smallest absolute Gasteiger partial charge is 0.406 e. The summed E-state index contributed by atoms with van der Waals surface area (Å²) in [7, 11) is -4.00. The molecule has 0 unspecified atom stereocenters. The molecule has 1 aromatic carbocycles. The molecule has 0 atom stereocenters. The second-order valence-electron chi connectivity index (χ2n) is 5.75. The minimum Gasteiger partial charge on any atom is -0.406 e. The molecule has 140 valence electrons. The van der Waals surface area contributed by atoms with Gasteiger partial charge >= 0.3 is 6.36 Å². The molecule has 1 aliphatic rings. The first kappa shape index (κ1) is 19.5. The Bertz CT molecular complexity index is 684. The van der Waals surface area contributed by atoms with Gasteiger partial charge in [0.05, 0.1) is 11.4 Å². The van der Waals surface area contributed by atoms with Gasteiger partial charge in [0.2, 0.25) is 15.9 Å². The van der Waals surface area contributed by atoms with Crippen LogP contribution in [0.5, 0.6) is 5.75 Å². The summed E-state index contributed by atoms with van der Waals surface area (Å²) in [4.78, 5) is 11.6. The van der Waals surface area contributed by atoms with Gasteiger partial charge in [0.15, 0.2) is 0 Å². The SMILES string of the molecule is O=C(CNS(=O)(=O)c1ccc(OC(F)(F)F)cc1)NC1CCCCC1. The van der Waals surface area contributed by atoms with Crippen molar-refractivity contribution in [2.45, 2.75) is 49.4 Å². The lowest BCUT2D eigenvalue weighted by Gasteiger charge is -2.22. The molecular formula is C15H19F3N2O4S. The van der Waals surface area contributed by atoms with E-state index in [9.17, 15) is 26.4 Å². The number of benzene rings is 1. The molecular weight excluding hydrogens is 361 g/mol. The highest BCUT2D eigenvalue weighted by molar-refractivity contribution is 7.89. The molecule has 0 radical (unpaired) electrons. The minimum absolute atomic E-state index is 0.0598. The lowest BCUT2D eigenvalue weighted by molar-refractivity contribution is -0.274. The predicted octanol–water partition coefficient (Wildman–Crippen LogP) is 2.31. The van der Waals surface area contributed by atoms with Crippen LogP contribution in [-0.4, -0.2) is 33.3 Å². The van der Waals surface area contributed by atoms with Crippen molar-refractivity contribution < 1.29 is 31.1 Å². The molecule has 0 spiro atoms. The molecule has 1 aliphatic carbocycles. The van der Waals surface area contributed by atoms with Crippen molar-refractivity contribution in [3.8, 4) is 5.75 Å². The van der Waals surface area contributed by atoms with Gasteiger partial charge in [-0.2, -0.15) is 0 Å². The van der Waals surface area contributed by atoms with E-state index in [1.54, 1.807) is 0 Å². The van der Waals surface area contributed by atoms with Gasteiger partial charge in [-0.05, 0) is 37.1 Å². The highest BCUT2D eigenvalue weighted by Crippen LogP contribution is 2.23. The zero-order chi connectivity index (χ0) is 18.5. The van der Waals surface area contributed by atoms with E-state index in [2.05, 4.69) is 14.8 Å². The monoisotopic (exact) mass is 380 g/mol. The van der Waals surface area contributed by atoms with Gasteiger partial charge in [-0.15, -0.1) is 13.2 Å². The van der Waals surface area contributed by atoms with E-state index < -0.39 is 34.6 Å². The van der Waals surface area contributed by atoms with Gasteiger partial charge in [-0.1, -0.05) is 19.3 Å². The molecule has 6 nitrogen and oxygen atoms in total. The van der Waals surface area contributed by atoms with Crippen molar-refractivity contribution in [1.29, 1.82) is 0 Å². The molecule has 25 heavy (non-hydrogen) atoms. The third-order valence-corrected chi connectivity index (χ3v) is 5.18. The zero-order valence-electron chi connectivity index (χ0n) is 13.3. The number of sulfonamides is 1. The number of carbonyl (C=O) groups excluding carboxylic acids is 1. The van der Waals surface area contributed by atoms with Crippen molar-refractivity contribution in [1.82, 2.24) is 10.0 Å². The summed E-state index contributed by atoms with van der Waals surface area (Å²) in [5.74, 6) is -0.964. The fourth-order valence-electron chi connectivity index (χ4n) is 2.59. The maximum Gasteiger partial charge on any atom is 0.573 e. The van der Waals surface area contributed by atoms with Crippen LogP contribution in [0, 0.1) is 0 Å². The fraction of sp³-hybridized carbons (Fsp3) is 0.533. The summed E-state index contributed by atoms with van der Waals surface area (Å²) in [6.45, 7) is -0.431. The van der Waals surface area contributed by atoms with Gasteiger partial charge in [0, 0.05) is 6.04 Å². The third-order valence-electron chi connectivity index (χ3n) is 3.76. The van der Waals surface area contributed by atoms with Crippen LogP contribution in [0.3, 0.4) is 0 Å². The summed E-state index contributed by atoms with van der Waals surface area (Å²) in [5, 5.41) is 2.77. The number of alkyl halides is 3. The zero-order valence-corrected chi connectivity index (χ0v) is 14.1. The molecule has 0 aromatic heterocycles. The van der Waals surface area contributed by atoms with Crippen LogP contribution >= 0.6 is 0 Å². The predicted molar refractivity (Wildman–Crippen MR) is 83.3 cm³/mol. The third kappa shape index (κ3) is 6.54. The van der Waals surface area contributed by atoms with E-state index in [-0.39, 0.29) is 10.9 Å². The molecule has 1 fully saturated rings. The molecule has 2 N–H and O–H groups in total. The summed E-state index contributed by atoms with van der Waals surface area (Å²) < 4.78 is 66.2. The van der Waals surface area contributed by atoms with Crippen LogP contribution < -0.4 is 14.8 Å². The summed E-state index contributed by atoms with van der Waals surface area (Å²) in [6, 6.07) is 3.80. The van der Waals surface area contributed by atoms with Crippen LogP contribution in [0.2, 0.25) is 0 Å². The number of hydrogen-bond acceptors (Lipinski definition) is 4. The van der Waals surface area contributed by atoms with Crippen LogP contribution in [0.1, 0.15) is 32.1 Å². The van der Waals surface area contributed by atoms with Crippen LogP contribution in [0.15, 0.2) is 29.2 Å². The minimum atomic E-state index is -4.85. The molecule has 0 heterocycles. The lowest BCUT2D eigenvalue weighted by atomic mass is 9.95. The van der Waals surface area contributed by atoms with Crippen LogP contribution in [0.25, 0.3) is 0 Å². The Morgan fingerprint density at radius 2 is 1.72 bits per heavy atom. The second kappa shape index (κ2) is 8.05. The van der Waals surface area contributed by atoms with Gasteiger partial charge < -0.3 is 10.1 Å². The Morgan fingerprint density at radius 1 is 1.12 bits per heavy atom. The highest BCUT2D eigenvalue weighted by Gasteiger charge is 2.31. The Balaban J connectivity index is 1.88. The quantitative estimate of drug-likeness (QED) is 0.793. The normalized spacial score (nSPS) is 16.4. The summed E-state index contributed by atoms with van der Waals surface area (Å²) >= 11 is 0. The molecule has 2 rings (SSSR count). The fourth-order valence-corrected chi connectivity index (χ4v) is 3.57. The van der Waals surface area contributed by atoms with Crippen molar-refractivity contribution >= 4 is 15.9 Å². The first-order valence-electron chi connectivity index (χ1n) is 7.80. The number of rotatable bonds is 6. The van der Waals surface area contributed by atoms with E-state index in [0.717, 1.165) is 56.4 Å². The number of ether oxygens (including phenoxy) is 1. The van der Waals surface area contributed by atoms with Gasteiger partial charge in [-0.3, -0.25) is 4.79 Å². The average molecular weight is 380 g/mol. The number of hydrogen-bond donors (Lipinski definition) is 2. The molecule has 0 bridgehead atoms. The van der Waals surface area contributed by atoms with Crippen molar-refractivity contribution in [3.63, 3.8) is 0 Å². The Labute approximate surface area is 143 Å². The van der Waals surface area contributed by atoms with Gasteiger partial charge in [-0.25, -0.2) is 13.1 Å². The van der Waals surface area contributed by atoms with Crippen molar-refractivity contribution in [2.75, 3.05) is 6.54 Å². The molecule has 0 aliphatic heterocycles. The topological polar surface area (TPSA) is 84.5 Å². The van der Waals surface area contributed by atoms with Crippen LogP contribution in [0.4, 0.5) is 13.2 Å². The van der Waals surface area contributed by atoms with Crippen LogP contribution in [-0.2, 0) is 14.8 Å². The van der Waals surface area contributed by atoms with E-state index >= 15 is 0 Å². The molecule has 1 aromatic rings. The van der Waals surface area contributed by atoms with Gasteiger partial charge in [0.25, 0.3) is 0 Å². The average Bonchev–Trinajstić information content (AvgIpc) is 2.53. The van der Waals surface area contributed by atoms with Crippen molar-refractivity contribution in [2.24, 2.45) is 0 Å². The maximum atomic E-state index is 12.1. The van der Waals surface area contributed by atoms with E-state index in [1.807, 2.05) is 0 Å². The number of nitrogens with one attached hydrogen (secondary N) is 2. The highest BCUT2D eigenvalue weighted by atomic mass is 32.2. The number of halogens is 3. The Morgan fingerprint density at radius 3 is 2.28 bits per heavy atom. The molecule has 1 amide bonds. The molecule has 0 saturated heterocycles. The van der Waals surface area contributed by atoms with E-state index in [0.29, 0.717) is 0 Å². The lowest BCUT2D eigenvalue weighted by Crippen LogP contribution is -2.42. The summed E-state index contributed by atoms with van der Waals surface area (Å²) in [6.07, 6.45) is 0.0905. The second-order valence-corrected chi connectivity index (χ2v) is 7.51. The van der Waals surface area contributed by atoms with E-state index in [4.69, 9.17) is 0 Å².